The smallest absolute Gasteiger partial charge is 0.223 e. The molecule has 0 unspecified atom stereocenters. The zero-order chi connectivity index (χ0) is 17.0. The Bertz CT molecular complexity index is 855. The molecule has 0 aromatic heterocycles. The lowest BCUT2D eigenvalue weighted by atomic mass is 10.3. The Morgan fingerprint density at radius 2 is 1.35 bits per heavy atom. The van der Waals surface area contributed by atoms with Crippen LogP contribution in [-0.4, -0.2) is 20.3 Å². The molecule has 0 aliphatic heterocycles. The van der Waals surface area contributed by atoms with Crippen molar-refractivity contribution in [3.05, 3.63) is 53.0 Å². The van der Waals surface area contributed by atoms with Gasteiger partial charge in [0.15, 0.2) is 5.96 Å². The van der Waals surface area contributed by atoms with E-state index in [1.807, 2.05) is 0 Å². The van der Waals surface area contributed by atoms with E-state index < -0.39 is 9.84 Å². The van der Waals surface area contributed by atoms with Gasteiger partial charge in [-0.05, 0) is 48.5 Å². The van der Waals surface area contributed by atoms with Gasteiger partial charge in [-0.15, -0.1) is 0 Å². The van der Waals surface area contributed by atoms with Crippen LogP contribution < -0.4 is 17.2 Å². The van der Waals surface area contributed by atoms with Gasteiger partial charge in [-0.1, -0.05) is 15.9 Å². The molecule has 0 radical (unpaired) electrons. The summed E-state index contributed by atoms with van der Waals surface area (Å²) in [5, 5.41) is 0. The van der Waals surface area contributed by atoms with Gasteiger partial charge in [0.05, 0.1) is 15.5 Å². The largest absolute Gasteiger partial charge is 0.370 e. The summed E-state index contributed by atoms with van der Waals surface area (Å²) < 4.78 is 25.8. The summed E-state index contributed by atoms with van der Waals surface area (Å²) in [6.07, 6.45) is 0. The van der Waals surface area contributed by atoms with Crippen LogP contribution in [0.15, 0.2) is 72.8 Å². The molecule has 0 heterocycles. The molecule has 120 valence electrons. The van der Waals surface area contributed by atoms with E-state index in [9.17, 15) is 8.42 Å². The molecule has 9 heteroatoms. The number of halogens is 1. The molecule has 2 rings (SSSR count). The maximum absolute atomic E-state index is 12.5. The van der Waals surface area contributed by atoms with Crippen molar-refractivity contribution >= 4 is 43.4 Å². The fourth-order valence-electron chi connectivity index (χ4n) is 1.74. The number of benzene rings is 2. The van der Waals surface area contributed by atoms with Crippen molar-refractivity contribution in [1.82, 2.24) is 0 Å². The van der Waals surface area contributed by atoms with E-state index in [1.165, 1.54) is 36.4 Å². The molecule has 7 nitrogen and oxygen atoms in total. The first-order chi connectivity index (χ1) is 10.8. The molecule has 0 atom stereocenters. The van der Waals surface area contributed by atoms with E-state index in [0.717, 1.165) is 4.47 Å². The summed E-state index contributed by atoms with van der Waals surface area (Å²) in [5.74, 6) is -0.325. The molecule has 0 bridgehead atoms. The zero-order valence-corrected chi connectivity index (χ0v) is 14.3. The molecular weight excluding hydrogens is 382 g/mol. The van der Waals surface area contributed by atoms with Gasteiger partial charge in [-0.2, -0.15) is 4.99 Å². The summed E-state index contributed by atoms with van der Waals surface area (Å²) in [6, 6.07) is 12.3. The van der Waals surface area contributed by atoms with Crippen molar-refractivity contribution in [3.63, 3.8) is 0 Å². The Morgan fingerprint density at radius 1 is 0.870 bits per heavy atom. The van der Waals surface area contributed by atoms with E-state index in [-0.39, 0.29) is 21.7 Å². The first kappa shape index (κ1) is 17.0. The van der Waals surface area contributed by atoms with Gasteiger partial charge >= 0.3 is 0 Å². The molecule has 0 spiro atoms. The summed E-state index contributed by atoms with van der Waals surface area (Å²) in [4.78, 5) is 7.89. The highest BCUT2D eigenvalue weighted by atomic mass is 79.9. The fourth-order valence-corrected chi connectivity index (χ4v) is 3.26. The molecule has 2 aromatic rings. The Balaban J connectivity index is 2.32. The Hall–Kier alpha value is -2.39. The molecule has 0 saturated heterocycles. The Kier molecular flexibility index (Phi) is 5.02. The molecule has 0 fully saturated rings. The second kappa shape index (κ2) is 6.80. The summed E-state index contributed by atoms with van der Waals surface area (Å²) in [6.45, 7) is 0. The van der Waals surface area contributed by atoms with Gasteiger partial charge in [-0.3, -0.25) is 0 Å². The Labute approximate surface area is 142 Å². The van der Waals surface area contributed by atoms with E-state index in [4.69, 9.17) is 17.2 Å². The SMILES string of the molecule is NC(N)=NC(N)=Nc1ccc(S(=O)(=O)c2ccc(Br)cc2)cc1. The standard InChI is InChI=1S/C14H14BrN5O2S/c15-9-1-5-11(6-2-9)23(21,22)12-7-3-10(4-8-12)19-14(18)20-13(16)17/h1-8H,(H6,16,17,18,19,20). The number of nitrogens with two attached hydrogens (primary N) is 3. The number of rotatable bonds is 3. The number of sulfone groups is 1. The highest BCUT2D eigenvalue weighted by molar-refractivity contribution is 9.10. The van der Waals surface area contributed by atoms with Crippen LogP contribution in [-0.2, 0) is 9.84 Å². The van der Waals surface area contributed by atoms with Crippen LogP contribution in [0.2, 0.25) is 0 Å². The van der Waals surface area contributed by atoms with Gasteiger partial charge in [0.2, 0.25) is 15.8 Å². The lowest BCUT2D eigenvalue weighted by molar-refractivity contribution is 0.596. The lowest BCUT2D eigenvalue weighted by Gasteiger charge is -2.05. The zero-order valence-electron chi connectivity index (χ0n) is 11.8. The maximum Gasteiger partial charge on any atom is 0.223 e. The van der Waals surface area contributed by atoms with Crippen LogP contribution in [0.1, 0.15) is 0 Å². The summed E-state index contributed by atoms with van der Waals surface area (Å²) >= 11 is 3.27. The van der Waals surface area contributed by atoms with Crippen molar-refractivity contribution in [2.75, 3.05) is 0 Å². The molecule has 0 amide bonds. The first-order valence-electron chi connectivity index (χ1n) is 6.33. The third-order valence-corrected chi connectivity index (χ3v) is 5.07. The molecule has 0 aliphatic carbocycles. The number of hydrogen-bond donors (Lipinski definition) is 3. The van der Waals surface area contributed by atoms with Gasteiger partial charge in [-0.25, -0.2) is 13.4 Å². The second-order valence-electron chi connectivity index (χ2n) is 4.46. The quantitative estimate of drug-likeness (QED) is 0.533. The number of guanidine groups is 2. The Morgan fingerprint density at radius 3 is 1.83 bits per heavy atom. The van der Waals surface area contributed by atoms with Gasteiger partial charge in [0, 0.05) is 4.47 Å². The van der Waals surface area contributed by atoms with Crippen LogP contribution in [0.25, 0.3) is 0 Å². The normalized spacial score (nSPS) is 12.0. The third kappa shape index (κ3) is 4.30. The van der Waals surface area contributed by atoms with Gasteiger partial charge < -0.3 is 17.2 Å². The number of nitrogens with zero attached hydrogens (tertiary/aromatic N) is 2. The lowest BCUT2D eigenvalue weighted by Crippen LogP contribution is -2.26. The van der Waals surface area contributed by atoms with Crippen molar-refractivity contribution < 1.29 is 8.42 Å². The minimum absolute atomic E-state index is 0.117. The summed E-state index contributed by atoms with van der Waals surface area (Å²) in [7, 11) is -3.59. The van der Waals surface area contributed by atoms with Gasteiger partial charge in [0.1, 0.15) is 0 Å². The average molecular weight is 396 g/mol. The van der Waals surface area contributed by atoms with Crippen molar-refractivity contribution in [3.8, 4) is 0 Å². The van der Waals surface area contributed by atoms with Crippen molar-refractivity contribution in [2.45, 2.75) is 9.79 Å². The van der Waals surface area contributed by atoms with Crippen molar-refractivity contribution in [2.24, 2.45) is 27.2 Å². The third-order valence-electron chi connectivity index (χ3n) is 2.76. The predicted octanol–water partition coefficient (Wildman–Crippen LogP) is 1.50. The van der Waals surface area contributed by atoms with Crippen LogP contribution in [0.4, 0.5) is 5.69 Å². The second-order valence-corrected chi connectivity index (χ2v) is 7.32. The van der Waals surface area contributed by atoms with E-state index in [2.05, 4.69) is 25.9 Å². The predicted molar refractivity (Wildman–Crippen MR) is 93.1 cm³/mol. The average Bonchev–Trinajstić information content (AvgIpc) is 2.47. The molecule has 6 N–H and O–H groups in total. The van der Waals surface area contributed by atoms with E-state index in [1.54, 1.807) is 12.1 Å². The maximum atomic E-state index is 12.5. The molecule has 0 saturated carbocycles. The molecule has 0 aliphatic rings. The van der Waals surface area contributed by atoms with E-state index in [0.29, 0.717) is 5.69 Å². The number of aliphatic imine (C=N–C) groups is 2. The number of hydrogen-bond acceptors (Lipinski definition) is 3. The minimum Gasteiger partial charge on any atom is -0.370 e. The topological polar surface area (TPSA) is 137 Å². The van der Waals surface area contributed by atoms with Crippen molar-refractivity contribution in [1.29, 1.82) is 0 Å². The van der Waals surface area contributed by atoms with Crippen LogP contribution in [0.3, 0.4) is 0 Å². The summed E-state index contributed by atoms with van der Waals surface area (Å²) in [5.41, 5.74) is 16.3. The van der Waals surface area contributed by atoms with Crippen LogP contribution >= 0.6 is 15.9 Å². The van der Waals surface area contributed by atoms with Crippen LogP contribution in [0.5, 0.6) is 0 Å². The minimum atomic E-state index is -3.59. The molecular formula is C14H14BrN5O2S. The molecule has 2 aromatic carbocycles. The van der Waals surface area contributed by atoms with Gasteiger partial charge in [0.25, 0.3) is 0 Å². The first-order valence-corrected chi connectivity index (χ1v) is 8.61. The highest BCUT2D eigenvalue weighted by Gasteiger charge is 2.17. The van der Waals surface area contributed by atoms with E-state index >= 15 is 0 Å². The van der Waals surface area contributed by atoms with Crippen LogP contribution in [0, 0.1) is 0 Å². The fraction of sp³-hybridized carbons (Fsp3) is 0. The monoisotopic (exact) mass is 395 g/mol. The molecule has 23 heavy (non-hydrogen) atoms. The highest BCUT2D eigenvalue weighted by Crippen LogP contribution is 2.24.